The Morgan fingerprint density at radius 1 is 0.837 bits per heavy atom. The van der Waals surface area contributed by atoms with Gasteiger partial charge in [0.25, 0.3) is 0 Å². The van der Waals surface area contributed by atoms with Crippen LogP contribution in [0.15, 0.2) is 84.1 Å². The lowest BCUT2D eigenvalue weighted by Crippen LogP contribution is -2.50. The number of urea groups is 1. The first-order valence-electron chi connectivity index (χ1n) is 16.5. The summed E-state index contributed by atoms with van der Waals surface area (Å²) in [6.45, 7) is 6.37. The Morgan fingerprint density at radius 2 is 1.45 bits per heavy atom. The first-order valence-corrected chi connectivity index (χ1v) is 18.2. The number of benzene rings is 2. The molecule has 0 aliphatic carbocycles. The van der Waals surface area contributed by atoms with Gasteiger partial charge in [0.2, 0.25) is 0 Å². The number of amides is 3. The maximum atomic E-state index is 14.0. The predicted molar refractivity (Wildman–Crippen MR) is 193 cm³/mol. The van der Waals surface area contributed by atoms with E-state index in [9.17, 15) is 14.4 Å². The molecule has 2 aromatic carbocycles. The molecule has 0 spiro atoms. The zero-order valence-electron chi connectivity index (χ0n) is 28.7. The summed E-state index contributed by atoms with van der Waals surface area (Å²) in [5.74, 6) is -0.145. The van der Waals surface area contributed by atoms with Crippen LogP contribution in [0.5, 0.6) is 0 Å². The second-order valence-corrected chi connectivity index (χ2v) is 15.1. The summed E-state index contributed by atoms with van der Waals surface area (Å²) < 4.78 is 11.5. The van der Waals surface area contributed by atoms with Gasteiger partial charge in [-0.1, -0.05) is 60.7 Å². The Labute approximate surface area is 297 Å². The molecule has 3 atom stereocenters. The van der Waals surface area contributed by atoms with Crippen molar-refractivity contribution in [2.45, 2.75) is 83.7 Å². The molecule has 2 heterocycles. The molecule has 3 amide bonds. The third-order valence-corrected chi connectivity index (χ3v) is 9.37. The molecule has 3 unspecified atom stereocenters. The Bertz CT molecular complexity index is 1550. The second-order valence-electron chi connectivity index (χ2n) is 13.1. The van der Waals surface area contributed by atoms with Gasteiger partial charge in [0, 0.05) is 36.8 Å². The van der Waals surface area contributed by atoms with Gasteiger partial charge in [0.1, 0.15) is 12.6 Å². The lowest BCUT2D eigenvalue weighted by molar-refractivity contribution is -0.125. The summed E-state index contributed by atoms with van der Waals surface area (Å²) in [6.07, 6.45) is 5.75. The lowest BCUT2D eigenvalue weighted by Gasteiger charge is -2.28. The summed E-state index contributed by atoms with van der Waals surface area (Å²) in [5.41, 5.74) is 5.15. The topological polar surface area (TPSA) is 123 Å². The Hall–Kier alpha value is -4.13. The van der Waals surface area contributed by atoms with Crippen molar-refractivity contribution in [1.82, 2.24) is 25.5 Å². The van der Waals surface area contributed by atoms with E-state index in [1.807, 2.05) is 69.3 Å². The Kier molecular flexibility index (Phi) is 14.7. The van der Waals surface area contributed by atoms with Gasteiger partial charge in [-0.2, -0.15) is 0 Å². The van der Waals surface area contributed by atoms with E-state index in [1.54, 1.807) is 35.4 Å². The van der Waals surface area contributed by atoms with Gasteiger partial charge in [-0.3, -0.25) is 14.8 Å². The lowest BCUT2D eigenvalue weighted by atomic mass is 9.86. The monoisotopic (exact) mass is 705 g/mol. The molecule has 0 fully saturated rings. The zero-order valence-corrected chi connectivity index (χ0v) is 30.3. The number of hydrogen-bond acceptors (Lipinski definition) is 9. The fourth-order valence-corrected chi connectivity index (χ4v) is 6.46. The van der Waals surface area contributed by atoms with Crippen LogP contribution in [0.1, 0.15) is 60.9 Å². The van der Waals surface area contributed by atoms with Gasteiger partial charge in [0.15, 0.2) is 5.78 Å². The first kappa shape index (κ1) is 37.7. The van der Waals surface area contributed by atoms with Crippen LogP contribution < -0.4 is 10.6 Å². The van der Waals surface area contributed by atoms with E-state index in [4.69, 9.17) is 9.47 Å². The van der Waals surface area contributed by atoms with Gasteiger partial charge in [-0.25, -0.2) is 9.59 Å². The van der Waals surface area contributed by atoms with Crippen molar-refractivity contribution in [2.24, 2.45) is 5.92 Å². The number of aromatic nitrogens is 2. The highest BCUT2D eigenvalue weighted by atomic mass is 32.1. The SMILES string of the molecule is CN(Cc1cncs1)C(=O)NC(COC(C)(C)C)C(=O)CC(CCC(Cc1ccccc1)NC(=O)OCc1cncs1)Cc1ccccc1. The summed E-state index contributed by atoms with van der Waals surface area (Å²) in [7, 11) is 1.70. The fourth-order valence-electron chi connectivity index (χ4n) is 5.30. The van der Waals surface area contributed by atoms with Crippen LogP contribution in [0.3, 0.4) is 0 Å². The number of ether oxygens (including phenoxy) is 2. The molecule has 4 rings (SSSR count). The van der Waals surface area contributed by atoms with Crippen molar-refractivity contribution in [2.75, 3.05) is 13.7 Å². The Morgan fingerprint density at radius 3 is 2.04 bits per heavy atom. The fraction of sp³-hybridized carbons (Fsp3) is 0.432. The van der Waals surface area contributed by atoms with Crippen molar-refractivity contribution in [3.05, 3.63) is 105 Å². The van der Waals surface area contributed by atoms with Gasteiger partial charge in [-0.15, -0.1) is 22.7 Å². The number of rotatable bonds is 18. The highest BCUT2D eigenvalue weighted by molar-refractivity contribution is 7.09. The molecule has 0 aliphatic heterocycles. The van der Waals surface area contributed by atoms with Crippen LogP contribution in [-0.4, -0.2) is 64.1 Å². The van der Waals surface area contributed by atoms with Crippen molar-refractivity contribution in [1.29, 1.82) is 0 Å². The van der Waals surface area contributed by atoms with Crippen molar-refractivity contribution >= 4 is 40.6 Å². The van der Waals surface area contributed by atoms with E-state index in [-0.39, 0.29) is 43.4 Å². The van der Waals surface area contributed by atoms with Crippen LogP contribution in [0, 0.1) is 5.92 Å². The van der Waals surface area contributed by atoms with Crippen LogP contribution in [-0.2, 0) is 40.3 Å². The normalized spacial score (nSPS) is 13.2. The Balaban J connectivity index is 1.47. The highest BCUT2D eigenvalue weighted by Gasteiger charge is 2.28. The highest BCUT2D eigenvalue weighted by Crippen LogP contribution is 2.23. The largest absolute Gasteiger partial charge is 0.444 e. The summed E-state index contributed by atoms with van der Waals surface area (Å²) in [5, 5.41) is 6.01. The zero-order chi connectivity index (χ0) is 35.1. The maximum Gasteiger partial charge on any atom is 0.407 e. The minimum Gasteiger partial charge on any atom is -0.444 e. The smallest absolute Gasteiger partial charge is 0.407 e. The standard InChI is InChI=1S/C37H47N5O5S2/c1-37(2,3)47-24-33(41-35(44)42(4)22-31-20-38-25-48-31)34(43)19-29(17-27-11-7-5-8-12-27)15-16-30(18-28-13-9-6-10-14-28)40-36(45)46-23-32-21-39-26-49-32/h5-14,20-21,25-26,29-30,33H,15-19,22-24H2,1-4H3,(H,40,45)(H,41,44). The number of nitrogens with one attached hydrogen (secondary N) is 2. The van der Waals surface area contributed by atoms with E-state index >= 15 is 0 Å². The van der Waals surface area contributed by atoms with Gasteiger partial charge >= 0.3 is 12.1 Å². The number of hydrogen-bond donors (Lipinski definition) is 2. The number of carbonyl (C=O) groups excluding carboxylic acids is 3. The molecule has 2 aromatic heterocycles. The van der Waals surface area contributed by atoms with Crippen molar-refractivity contribution in [3.8, 4) is 0 Å². The maximum absolute atomic E-state index is 14.0. The number of ketones is 1. The number of carbonyl (C=O) groups is 3. The molecule has 12 heteroatoms. The van der Waals surface area contributed by atoms with Gasteiger partial charge < -0.3 is 25.0 Å². The number of alkyl carbamates (subject to hydrolysis) is 1. The molecule has 0 aliphatic rings. The number of thiazole rings is 2. The molecule has 49 heavy (non-hydrogen) atoms. The third kappa shape index (κ3) is 14.1. The van der Waals surface area contributed by atoms with E-state index in [1.165, 1.54) is 22.7 Å². The number of nitrogens with zero attached hydrogens (tertiary/aromatic N) is 3. The third-order valence-electron chi connectivity index (χ3n) is 7.85. The first-order chi connectivity index (χ1) is 23.5. The minimum atomic E-state index is -0.825. The van der Waals surface area contributed by atoms with Gasteiger partial charge in [0.05, 0.1) is 34.7 Å². The van der Waals surface area contributed by atoms with Crippen LogP contribution >= 0.6 is 22.7 Å². The molecular formula is C37H47N5O5S2. The van der Waals surface area contributed by atoms with Crippen LogP contribution in [0.4, 0.5) is 9.59 Å². The molecular weight excluding hydrogens is 659 g/mol. The molecule has 2 N–H and O–H groups in total. The molecule has 10 nitrogen and oxygen atoms in total. The van der Waals surface area contributed by atoms with E-state index in [2.05, 4.69) is 32.7 Å². The summed E-state index contributed by atoms with van der Waals surface area (Å²) in [4.78, 5) is 51.6. The molecule has 0 saturated carbocycles. The van der Waals surface area contributed by atoms with Crippen molar-refractivity contribution < 1.29 is 23.9 Å². The quantitative estimate of drug-likeness (QED) is 0.114. The van der Waals surface area contributed by atoms with Gasteiger partial charge in [-0.05, 0) is 63.5 Å². The molecule has 262 valence electrons. The molecule has 0 saturated heterocycles. The van der Waals surface area contributed by atoms with E-state index in [0.29, 0.717) is 32.2 Å². The van der Waals surface area contributed by atoms with Crippen molar-refractivity contribution in [3.63, 3.8) is 0 Å². The van der Waals surface area contributed by atoms with E-state index < -0.39 is 17.7 Å². The molecule has 0 bridgehead atoms. The molecule has 4 aromatic rings. The second kappa shape index (κ2) is 19.2. The van der Waals surface area contributed by atoms with Crippen LogP contribution in [0.2, 0.25) is 0 Å². The average molecular weight is 706 g/mol. The van der Waals surface area contributed by atoms with E-state index in [0.717, 1.165) is 20.9 Å². The predicted octanol–water partition coefficient (Wildman–Crippen LogP) is 7.06. The number of Topliss-reactive ketones (excluding diaryl/α,β-unsaturated/α-hetero) is 1. The van der Waals surface area contributed by atoms with Crippen LogP contribution in [0.25, 0.3) is 0 Å². The average Bonchev–Trinajstić information content (AvgIpc) is 3.80. The molecule has 0 radical (unpaired) electrons. The summed E-state index contributed by atoms with van der Waals surface area (Å²) >= 11 is 2.90. The summed E-state index contributed by atoms with van der Waals surface area (Å²) in [6, 6.07) is 18.7. The minimum absolute atomic E-state index is 0.0489.